The van der Waals surface area contributed by atoms with E-state index in [-0.39, 0.29) is 22.0 Å². The van der Waals surface area contributed by atoms with E-state index in [0.717, 1.165) is 0 Å². The fourth-order valence-corrected chi connectivity index (χ4v) is 2.63. The zero-order valence-corrected chi connectivity index (χ0v) is 16.1. The van der Waals surface area contributed by atoms with Gasteiger partial charge in [0.15, 0.2) is 17.3 Å². The minimum absolute atomic E-state index is 0.00358. The number of methoxy groups -OCH3 is 1. The summed E-state index contributed by atoms with van der Waals surface area (Å²) in [5.74, 6) is 0.307. The average molecular weight is 442 g/mol. The molecule has 2 aromatic carbocycles. The van der Waals surface area contributed by atoms with Crippen molar-refractivity contribution < 1.29 is 31.8 Å². The van der Waals surface area contributed by atoms with Gasteiger partial charge < -0.3 is 14.2 Å². The number of aromatic nitrogens is 3. The Morgan fingerprint density at radius 2 is 1.73 bits per heavy atom. The zero-order chi connectivity index (χ0) is 21.7. The highest BCUT2D eigenvalue weighted by Gasteiger charge is 2.12. The molecule has 0 bridgehead atoms. The number of hydrogen-bond donors (Lipinski definition) is 1. The average Bonchev–Trinajstić information content (AvgIpc) is 3.07. The molecule has 0 atom stereocenters. The molecule has 0 unspecified atom stereocenters. The van der Waals surface area contributed by atoms with Crippen LogP contribution in [0.5, 0.6) is 17.2 Å². The van der Waals surface area contributed by atoms with Crippen molar-refractivity contribution in [3.05, 3.63) is 52.8 Å². The van der Waals surface area contributed by atoms with Gasteiger partial charge in [-0.2, -0.15) is 32.4 Å². The van der Waals surface area contributed by atoms with Crippen molar-refractivity contribution in [1.82, 2.24) is 14.9 Å². The van der Waals surface area contributed by atoms with Crippen LogP contribution in [0.4, 0.5) is 17.6 Å². The van der Waals surface area contributed by atoms with Crippen LogP contribution < -0.4 is 14.2 Å². The van der Waals surface area contributed by atoms with Crippen molar-refractivity contribution in [2.75, 3.05) is 7.11 Å². The van der Waals surface area contributed by atoms with Crippen molar-refractivity contribution in [1.29, 1.82) is 0 Å². The number of H-pyrrole nitrogens is 1. The van der Waals surface area contributed by atoms with Crippen LogP contribution in [0.2, 0.25) is 0 Å². The third-order valence-electron chi connectivity index (χ3n) is 3.71. The second kappa shape index (κ2) is 9.39. The van der Waals surface area contributed by atoms with Gasteiger partial charge in [-0.05, 0) is 60.2 Å². The third-order valence-corrected chi connectivity index (χ3v) is 3.98. The normalized spacial score (nSPS) is 11.4. The Balaban J connectivity index is 1.87. The van der Waals surface area contributed by atoms with Gasteiger partial charge in [-0.25, -0.2) is 5.10 Å². The van der Waals surface area contributed by atoms with Crippen molar-refractivity contribution in [2.45, 2.75) is 13.2 Å². The van der Waals surface area contributed by atoms with Crippen LogP contribution in [-0.2, 0) is 0 Å². The highest BCUT2D eigenvalue weighted by Crippen LogP contribution is 2.29. The number of aromatic amines is 1. The van der Waals surface area contributed by atoms with Crippen molar-refractivity contribution in [2.24, 2.45) is 5.10 Å². The monoisotopic (exact) mass is 442 g/mol. The van der Waals surface area contributed by atoms with Gasteiger partial charge in [-0.3, -0.25) is 0 Å². The fourth-order valence-electron chi connectivity index (χ4n) is 2.45. The molecular weight excluding hydrogens is 428 g/mol. The van der Waals surface area contributed by atoms with Crippen LogP contribution in [-0.4, -0.2) is 41.4 Å². The summed E-state index contributed by atoms with van der Waals surface area (Å²) in [6, 6.07) is 10.1. The summed E-state index contributed by atoms with van der Waals surface area (Å²) < 4.78 is 64.7. The molecule has 158 valence electrons. The number of nitrogens with zero attached hydrogens (tertiary/aromatic N) is 3. The minimum Gasteiger partial charge on any atom is -0.493 e. The number of rotatable bonds is 8. The molecule has 1 aromatic heterocycles. The van der Waals surface area contributed by atoms with E-state index in [2.05, 4.69) is 24.8 Å². The van der Waals surface area contributed by atoms with Crippen molar-refractivity contribution in [3.8, 4) is 28.6 Å². The fraction of sp³-hybridized carbons (Fsp3) is 0.167. The summed E-state index contributed by atoms with van der Waals surface area (Å²) in [5, 5.41) is 10.9. The number of benzene rings is 2. The van der Waals surface area contributed by atoms with Crippen LogP contribution in [0.3, 0.4) is 0 Å². The molecule has 3 aromatic rings. The summed E-state index contributed by atoms with van der Waals surface area (Å²) in [5.41, 5.74) is 1.06. The van der Waals surface area contributed by atoms with E-state index in [1.54, 1.807) is 0 Å². The number of hydrogen-bond acceptors (Lipinski definition) is 6. The zero-order valence-electron chi connectivity index (χ0n) is 15.3. The van der Waals surface area contributed by atoms with Gasteiger partial charge in [0.1, 0.15) is 5.75 Å². The summed E-state index contributed by atoms with van der Waals surface area (Å²) in [4.78, 5) is 0. The predicted molar refractivity (Wildman–Crippen MR) is 102 cm³/mol. The molecule has 0 fully saturated rings. The Hall–Kier alpha value is -3.41. The first-order valence-corrected chi connectivity index (χ1v) is 8.68. The highest BCUT2D eigenvalue weighted by atomic mass is 32.1. The smallest absolute Gasteiger partial charge is 0.387 e. The van der Waals surface area contributed by atoms with Gasteiger partial charge in [-0.1, -0.05) is 0 Å². The molecule has 0 saturated carbocycles. The molecule has 0 saturated heterocycles. The molecule has 1 N–H and O–H groups in total. The predicted octanol–water partition coefficient (Wildman–Crippen LogP) is 4.70. The van der Waals surface area contributed by atoms with E-state index in [1.165, 1.54) is 60.5 Å². The number of ether oxygens (including phenoxy) is 3. The Labute approximate surface area is 172 Å². The van der Waals surface area contributed by atoms with Crippen LogP contribution >= 0.6 is 12.2 Å². The third kappa shape index (κ3) is 5.14. The van der Waals surface area contributed by atoms with E-state index in [4.69, 9.17) is 17.0 Å². The summed E-state index contributed by atoms with van der Waals surface area (Å²) in [6.45, 7) is -5.91. The van der Waals surface area contributed by atoms with Gasteiger partial charge >= 0.3 is 13.2 Å². The van der Waals surface area contributed by atoms with Crippen molar-refractivity contribution in [3.63, 3.8) is 0 Å². The number of nitrogens with one attached hydrogen (secondary N) is 1. The largest absolute Gasteiger partial charge is 0.493 e. The van der Waals surface area contributed by atoms with E-state index >= 15 is 0 Å². The first kappa shape index (κ1) is 21.3. The molecule has 12 heteroatoms. The molecule has 0 radical (unpaired) electrons. The first-order valence-electron chi connectivity index (χ1n) is 8.27. The van der Waals surface area contributed by atoms with Gasteiger partial charge in [0.2, 0.25) is 4.77 Å². The Morgan fingerprint density at radius 1 is 1.03 bits per heavy atom. The maximum absolute atomic E-state index is 12.4. The molecular formula is C18H14F4N4O3S. The van der Waals surface area contributed by atoms with E-state index in [9.17, 15) is 17.6 Å². The SMILES string of the molecule is COc1cc(C=Nn2c(-c3ccc(OC(F)F)cc3)n[nH]c2=S)ccc1OC(F)F. The molecule has 0 spiro atoms. The Bertz CT molecular complexity index is 1080. The van der Waals surface area contributed by atoms with Crippen LogP contribution in [0, 0.1) is 4.77 Å². The number of alkyl halides is 4. The Kier molecular flexibility index (Phi) is 6.67. The second-order valence-electron chi connectivity index (χ2n) is 5.60. The lowest BCUT2D eigenvalue weighted by molar-refractivity contribution is -0.0514. The van der Waals surface area contributed by atoms with Gasteiger partial charge in [-0.15, -0.1) is 0 Å². The molecule has 0 aliphatic carbocycles. The van der Waals surface area contributed by atoms with Crippen LogP contribution in [0.25, 0.3) is 11.4 Å². The molecule has 0 aliphatic heterocycles. The Morgan fingerprint density at radius 3 is 2.37 bits per heavy atom. The summed E-state index contributed by atoms with van der Waals surface area (Å²) in [6.07, 6.45) is 1.41. The topological polar surface area (TPSA) is 73.7 Å². The minimum atomic E-state index is -2.98. The van der Waals surface area contributed by atoms with Crippen LogP contribution in [0.15, 0.2) is 47.6 Å². The molecule has 0 aliphatic rings. The van der Waals surface area contributed by atoms with Gasteiger partial charge in [0.25, 0.3) is 0 Å². The van der Waals surface area contributed by atoms with Crippen molar-refractivity contribution >= 4 is 18.4 Å². The maximum Gasteiger partial charge on any atom is 0.387 e. The van der Waals surface area contributed by atoms with E-state index in [0.29, 0.717) is 17.0 Å². The van der Waals surface area contributed by atoms with E-state index < -0.39 is 13.2 Å². The molecule has 3 rings (SSSR count). The van der Waals surface area contributed by atoms with E-state index in [1.807, 2.05) is 0 Å². The van der Waals surface area contributed by atoms with Crippen LogP contribution in [0.1, 0.15) is 5.56 Å². The quantitative estimate of drug-likeness (QED) is 0.311. The lowest BCUT2D eigenvalue weighted by atomic mass is 10.2. The standard InChI is InChI=1S/C18H14F4N4O3S/c1-27-14-8-10(2-7-13(14)29-17(21)22)9-23-26-15(24-25-18(26)30)11-3-5-12(6-4-11)28-16(19)20/h2-9,16-17H,1H3,(H,25,30). The lowest BCUT2D eigenvalue weighted by Gasteiger charge is -2.10. The van der Waals surface area contributed by atoms with Gasteiger partial charge in [0, 0.05) is 5.56 Å². The second-order valence-corrected chi connectivity index (χ2v) is 5.99. The molecule has 1 heterocycles. The summed E-state index contributed by atoms with van der Waals surface area (Å²) >= 11 is 5.17. The van der Waals surface area contributed by atoms with Gasteiger partial charge in [0.05, 0.1) is 13.3 Å². The molecule has 0 amide bonds. The summed E-state index contributed by atoms with van der Waals surface area (Å²) in [7, 11) is 1.32. The first-order chi connectivity index (χ1) is 14.4. The molecule has 30 heavy (non-hydrogen) atoms. The lowest BCUT2D eigenvalue weighted by Crippen LogP contribution is -2.04. The maximum atomic E-state index is 12.4. The molecule has 7 nitrogen and oxygen atoms in total. The highest BCUT2D eigenvalue weighted by molar-refractivity contribution is 7.71. The number of halogens is 4.